The summed E-state index contributed by atoms with van der Waals surface area (Å²) in [5, 5.41) is 7.70. The topological polar surface area (TPSA) is 91.5 Å². The van der Waals surface area contributed by atoms with Crippen molar-refractivity contribution in [2.75, 3.05) is 7.05 Å². The van der Waals surface area contributed by atoms with Gasteiger partial charge in [-0.1, -0.05) is 30.3 Å². The molecule has 0 aliphatic carbocycles. The van der Waals surface area contributed by atoms with Crippen LogP contribution in [0, 0.1) is 5.41 Å². The van der Waals surface area contributed by atoms with Gasteiger partial charge in [-0.15, -0.1) is 0 Å². The van der Waals surface area contributed by atoms with Gasteiger partial charge in [-0.05, 0) is 18.9 Å². The molecule has 1 rings (SSSR count). The average Bonchev–Trinajstić information content (AvgIpc) is 2.28. The largest absolute Gasteiger partial charge is 0.370 e. The minimum absolute atomic E-state index is 0.0773. The van der Waals surface area contributed by atoms with Crippen LogP contribution in [0.15, 0.2) is 35.3 Å². The summed E-state index contributed by atoms with van der Waals surface area (Å²) >= 11 is 0. The highest BCUT2D eigenvalue weighted by molar-refractivity contribution is 5.91. The normalized spacial score (nSPS) is 11.6. The van der Waals surface area contributed by atoms with Gasteiger partial charge in [0.15, 0.2) is 5.96 Å². The Morgan fingerprint density at radius 2 is 1.94 bits per heavy atom. The molecule has 0 aliphatic rings. The van der Waals surface area contributed by atoms with Gasteiger partial charge in [0.25, 0.3) is 0 Å². The van der Waals surface area contributed by atoms with Crippen LogP contribution in [0.5, 0.6) is 0 Å². The molecule has 5 nitrogen and oxygen atoms in total. The fraction of sp³-hybridized carbons (Fsp3) is 0.333. The summed E-state index contributed by atoms with van der Waals surface area (Å²) in [6, 6.07) is 10.3. The van der Waals surface area contributed by atoms with Crippen molar-refractivity contribution in [3.63, 3.8) is 0 Å². The molecule has 5 heteroatoms. The smallest absolute Gasteiger partial charge is 0.220 e. The van der Waals surface area contributed by atoms with E-state index >= 15 is 0 Å². The molecule has 0 fully saturated rings. The van der Waals surface area contributed by atoms with Crippen molar-refractivity contribution in [2.45, 2.75) is 19.4 Å². The number of likely N-dealkylation sites (N-methyl/N-ethyl adjacent to an activating group) is 1. The van der Waals surface area contributed by atoms with Gasteiger partial charge in [-0.2, -0.15) is 4.99 Å². The molecule has 0 saturated carbocycles. The molecule has 1 aromatic carbocycles. The minimum Gasteiger partial charge on any atom is -0.370 e. The molecule has 0 radical (unpaired) electrons. The van der Waals surface area contributed by atoms with Crippen molar-refractivity contribution in [1.29, 1.82) is 5.41 Å². The van der Waals surface area contributed by atoms with E-state index in [2.05, 4.69) is 17.1 Å². The van der Waals surface area contributed by atoms with E-state index in [4.69, 9.17) is 16.9 Å². The van der Waals surface area contributed by atoms with Crippen molar-refractivity contribution in [3.8, 4) is 0 Å². The molecule has 1 aromatic rings. The molecule has 92 valence electrons. The summed E-state index contributed by atoms with van der Waals surface area (Å²) in [7, 11) is 1.81. The van der Waals surface area contributed by atoms with Crippen LogP contribution in [0.2, 0.25) is 0 Å². The Bertz CT molecular complexity index is 395. The first-order chi connectivity index (χ1) is 8.00. The van der Waals surface area contributed by atoms with Crippen LogP contribution < -0.4 is 11.5 Å². The van der Waals surface area contributed by atoms with Crippen molar-refractivity contribution in [3.05, 3.63) is 35.9 Å². The number of nitrogens with one attached hydrogen (secondary N) is 1. The Morgan fingerprint density at radius 1 is 1.35 bits per heavy atom. The molecule has 0 aromatic heterocycles. The molecular formula is C12H19N5. The number of hydrogen-bond acceptors (Lipinski definition) is 1. The maximum absolute atomic E-state index is 7.70. The number of hydrogen-bond donors (Lipinski definition) is 3. The van der Waals surface area contributed by atoms with Crippen LogP contribution in [0.25, 0.3) is 0 Å². The zero-order valence-electron chi connectivity index (χ0n) is 10.2. The van der Waals surface area contributed by atoms with Gasteiger partial charge in [0, 0.05) is 13.1 Å². The predicted molar refractivity (Wildman–Crippen MR) is 70.9 cm³/mol. The van der Waals surface area contributed by atoms with Crippen LogP contribution in [0.1, 0.15) is 12.5 Å². The SMILES string of the molecule is CC(Cc1ccccc1)N(C)C(=N)N=C(N)N. The third-order valence-corrected chi connectivity index (χ3v) is 2.60. The van der Waals surface area contributed by atoms with E-state index in [1.807, 2.05) is 32.2 Å². The van der Waals surface area contributed by atoms with Gasteiger partial charge >= 0.3 is 0 Å². The van der Waals surface area contributed by atoms with E-state index in [1.165, 1.54) is 5.56 Å². The lowest BCUT2D eigenvalue weighted by molar-refractivity contribution is 0.382. The molecule has 0 amide bonds. The molecule has 0 heterocycles. The van der Waals surface area contributed by atoms with Gasteiger partial charge in [-0.25, -0.2) is 0 Å². The second-order valence-corrected chi connectivity index (χ2v) is 4.01. The zero-order chi connectivity index (χ0) is 12.8. The Labute approximate surface area is 102 Å². The third-order valence-electron chi connectivity index (χ3n) is 2.60. The number of benzene rings is 1. The van der Waals surface area contributed by atoms with Crippen LogP contribution in [-0.2, 0) is 6.42 Å². The standard InChI is InChI=1S/C12H19N5/c1-9(8-10-6-4-3-5-7-10)17(2)12(15)16-11(13)14/h3-7,9H,8H2,1-2H3,(H5,13,14,15,16). The fourth-order valence-electron chi connectivity index (χ4n) is 1.50. The molecule has 17 heavy (non-hydrogen) atoms. The summed E-state index contributed by atoms with van der Waals surface area (Å²) in [5.41, 5.74) is 11.7. The number of rotatable bonds is 3. The van der Waals surface area contributed by atoms with Crippen molar-refractivity contribution in [2.24, 2.45) is 16.5 Å². The lowest BCUT2D eigenvalue weighted by Gasteiger charge is -2.25. The van der Waals surface area contributed by atoms with E-state index < -0.39 is 0 Å². The zero-order valence-corrected chi connectivity index (χ0v) is 10.2. The summed E-state index contributed by atoms with van der Waals surface area (Å²) < 4.78 is 0. The second-order valence-electron chi connectivity index (χ2n) is 4.01. The van der Waals surface area contributed by atoms with Gasteiger partial charge in [0.05, 0.1) is 0 Å². The maximum Gasteiger partial charge on any atom is 0.220 e. The summed E-state index contributed by atoms with van der Waals surface area (Å²) in [6.45, 7) is 2.03. The number of aliphatic imine (C=N–C) groups is 1. The van der Waals surface area contributed by atoms with Gasteiger partial charge in [0.2, 0.25) is 5.96 Å². The molecular weight excluding hydrogens is 214 g/mol. The summed E-state index contributed by atoms with van der Waals surface area (Å²) in [6.07, 6.45) is 0.847. The Morgan fingerprint density at radius 3 is 2.47 bits per heavy atom. The number of guanidine groups is 2. The maximum atomic E-state index is 7.70. The molecule has 0 saturated heterocycles. The van der Waals surface area contributed by atoms with E-state index in [1.54, 1.807) is 4.90 Å². The predicted octanol–water partition coefficient (Wildman–Crippen LogP) is 0.758. The van der Waals surface area contributed by atoms with E-state index in [9.17, 15) is 0 Å². The first kappa shape index (κ1) is 13.0. The first-order valence-electron chi connectivity index (χ1n) is 5.45. The lowest BCUT2D eigenvalue weighted by Crippen LogP contribution is -2.37. The first-order valence-corrected chi connectivity index (χ1v) is 5.45. The Kier molecular flexibility index (Phi) is 4.51. The van der Waals surface area contributed by atoms with Crippen molar-refractivity contribution < 1.29 is 0 Å². The number of nitrogens with zero attached hydrogens (tertiary/aromatic N) is 2. The molecule has 1 unspecified atom stereocenters. The second kappa shape index (κ2) is 5.89. The molecule has 0 bridgehead atoms. The van der Waals surface area contributed by atoms with Gasteiger partial charge in [0.1, 0.15) is 0 Å². The highest BCUT2D eigenvalue weighted by atomic mass is 15.3. The number of nitrogens with two attached hydrogens (primary N) is 2. The highest BCUT2D eigenvalue weighted by Crippen LogP contribution is 2.07. The van der Waals surface area contributed by atoms with Crippen LogP contribution >= 0.6 is 0 Å². The van der Waals surface area contributed by atoms with Crippen molar-refractivity contribution in [1.82, 2.24) is 4.90 Å². The third kappa shape index (κ3) is 4.14. The summed E-state index contributed by atoms with van der Waals surface area (Å²) in [4.78, 5) is 5.46. The van der Waals surface area contributed by atoms with Gasteiger partial charge < -0.3 is 16.4 Å². The fourth-order valence-corrected chi connectivity index (χ4v) is 1.50. The van der Waals surface area contributed by atoms with E-state index in [0.717, 1.165) is 6.42 Å². The molecule has 0 spiro atoms. The Hall–Kier alpha value is -2.04. The highest BCUT2D eigenvalue weighted by Gasteiger charge is 2.12. The summed E-state index contributed by atoms with van der Waals surface area (Å²) in [5.74, 6) is -0.0119. The molecule has 1 atom stereocenters. The van der Waals surface area contributed by atoms with E-state index in [-0.39, 0.29) is 18.0 Å². The van der Waals surface area contributed by atoms with Crippen LogP contribution in [0.4, 0.5) is 0 Å². The van der Waals surface area contributed by atoms with Gasteiger partial charge in [-0.3, -0.25) is 5.41 Å². The monoisotopic (exact) mass is 233 g/mol. The Balaban J connectivity index is 2.62. The van der Waals surface area contributed by atoms with E-state index in [0.29, 0.717) is 0 Å². The molecule has 0 aliphatic heterocycles. The van der Waals surface area contributed by atoms with Crippen LogP contribution in [-0.4, -0.2) is 29.9 Å². The molecule has 5 N–H and O–H groups in total. The average molecular weight is 233 g/mol. The van der Waals surface area contributed by atoms with Crippen LogP contribution in [0.3, 0.4) is 0 Å². The quantitative estimate of drug-likeness (QED) is 0.531. The van der Waals surface area contributed by atoms with Crippen molar-refractivity contribution >= 4 is 11.9 Å². The minimum atomic E-state index is -0.0891. The lowest BCUT2D eigenvalue weighted by atomic mass is 10.1.